The Labute approximate surface area is 196 Å². The van der Waals surface area contributed by atoms with Crippen molar-refractivity contribution in [3.63, 3.8) is 0 Å². The Balaban J connectivity index is 1.25. The van der Waals surface area contributed by atoms with Gasteiger partial charge in [-0.05, 0) is 55.8 Å². The summed E-state index contributed by atoms with van der Waals surface area (Å²) in [6.07, 6.45) is 3.50. The molecule has 4 aromatic rings. The molecule has 2 aromatic heterocycles. The number of piperazine rings is 1. The molecule has 1 atom stereocenters. The number of H-pyrrole nitrogens is 1. The molecule has 1 aliphatic heterocycles. The van der Waals surface area contributed by atoms with E-state index in [1.54, 1.807) is 36.7 Å². The number of ether oxygens (including phenoxy) is 1. The summed E-state index contributed by atoms with van der Waals surface area (Å²) in [5, 5.41) is 3.98. The molecule has 0 saturated carbocycles. The lowest BCUT2D eigenvalue weighted by molar-refractivity contribution is 0.184. The minimum atomic E-state index is -0.324. The first-order valence-corrected chi connectivity index (χ1v) is 11.1. The standard InChI is InChI=1S/C25H25FN6O2/c1-16-13-27-23-22(16)24(29-15-28-23)31-10-11-32(17(2)14-31)25(33)30-19-4-3-5-21(12-19)34-20-8-6-18(26)7-9-20/h3-9,12-13,15,17H,10-11,14H2,1-2H3,(H,30,33)(H,27,28,29)/t17-/m0/s1. The summed E-state index contributed by atoms with van der Waals surface area (Å²) in [6, 6.07) is 12.7. The van der Waals surface area contributed by atoms with Crippen LogP contribution in [0.2, 0.25) is 0 Å². The topological polar surface area (TPSA) is 86.4 Å². The molecule has 1 saturated heterocycles. The van der Waals surface area contributed by atoms with Crippen molar-refractivity contribution in [3.05, 3.63) is 72.4 Å². The second-order valence-electron chi connectivity index (χ2n) is 8.39. The van der Waals surface area contributed by atoms with Gasteiger partial charge in [0.15, 0.2) is 0 Å². The molecule has 2 N–H and O–H groups in total. The van der Waals surface area contributed by atoms with E-state index in [0.717, 1.165) is 22.4 Å². The summed E-state index contributed by atoms with van der Waals surface area (Å²) in [6.45, 7) is 5.96. The maximum absolute atomic E-state index is 13.1. The van der Waals surface area contributed by atoms with E-state index in [9.17, 15) is 9.18 Å². The Morgan fingerprint density at radius 1 is 1.15 bits per heavy atom. The lowest BCUT2D eigenvalue weighted by atomic mass is 10.1. The smallest absolute Gasteiger partial charge is 0.322 e. The van der Waals surface area contributed by atoms with Crippen LogP contribution in [0.15, 0.2) is 61.1 Å². The van der Waals surface area contributed by atoms with Gasteiger partial charge >= 0.3 is 6.03 Å². The minimum Gasteiger partial charge on any atom is -0.457 e. The van der Waals surface area contributed by atoms with Crippen molar-refractivity contribution in [1.82, 2.24) is 19.9 Å². The van der Waals surface area contributed by atoms with Gasteiger partial charge in [0.2, 0.25) is 0 Å². The van der Waals surface area contributed by atoms with E-state index in [2.05, 4.69) is 25.2 Å². The lowest BCUT2D eigenvalue weighted by Gasteiger charge is -2.40. The third kappa shape index (κ3) is 4.36. The first kappa shape index (κ1) is 21.7. The van der Waals surface area contributed by atoms with Crippen LogP contribution in [0, 0.1) is 12.7 Å². The molecule has 3 heterocycles. The summed E-state index contributed by atoms with van der Waals surface area (Å²) in [5.41, 5.74) is 2.54. The third-order valence-electron chi connectivity index (χ3n) is 5.97. The third-order valence-corrected chi connectivity index (χ3v) is 5.97. The highest BCUT2D eigenvalue weighted by molar-refractivity contribution is 5.92. The van der Waals surface area contributed by atoms with E-state index in [1.165, 1.54) is 12.1 Å². The summed E-state index contributed by atoms with van der Waals surface area (Å²) < 4.78 is 18.9. The van der Waals surface area contributed by atoms with Crippen LogP contribution in [0.1, 0.15) is 12.5 Å². The van der Waals surface area contributed by atoms with E-state index in [-0.39, 0.29) is 17.9 Å². The van der Waals surface area contributed by atoms with Crippen LogP contribution in [0.25, 0.3) is 11.0 Å². The second-order valence-corrected chi connectivity index (χ2v) is 8.39. The predicted octanol–water partition coefficient (Wildman–Crippen LogP) is 4.94. The number of urea groups is 1. The number of aromatic amines is 1. The van der Waals surface area contributed by atoms with Gasteiger partial charge in [-0.3, -0.25) is 0 Å². The molecular weight excluding hydrogens is 435 g/mol. The molecule has 0 radical (unpaired) electrons. The molecule has 0 aliphatic carbocycles. The number of aromatic nitrogens is 3. The van der Waals surface area contributed by atoms with E-state index in [1.807, 2.05) is 31.0 Å². The van der Waals surface area contributed by atoms with E-state index < -0.39 is 0 Å². The maximum atomic E-state index is 13.1. The summed E-state index contributed by atoms with van der Waals surface area (Å²) in [4.78, 5) is 29.1. The molecule has 0 bridgehead atoms. The van der Waals surface area contributed by atoms with Gasteiger partial charge in [0.25, 0.3) is 0 Å². The monoisotopic (exact) mass is 460 g/mol. The molecule has 2 aromatic carbocycles. The van der Waals surface area contributed by atoms with Crippen molar-refractivity contribution in [2.45, 2.75) is 19.9 Å². The fourth-order valence-electron chi connectivity index (χ4n) is 4.26. The molecule has 9 heteroatoms. The lowest BCUT2D eigenvalue weighted by Crippen LogP contribution is -2.55. The number of rotatable bonds is 4. The van der Waals surface area contributed by atoms with Gasteiger partial charge < -0.3 is 24.8 Å². The Bertz CT molecular complexity index is 1320. The number of halogens is 1. The van der Waals surface area contributed by atoms with Crippen molar-refractivity contribution in [3.8, 4) is 11.5 Å². The van der Waals surface area contributed by atoms with Crippen molar-refractivity contribution < 1.29 is 13.9 Å². The summed E-state index contributed by atoms with van der Waals surface area (Å²) >= 11 is 0. The zero-order valence-electron chi connectivity index (χ0n) is 19.0. The van der Waals surface area contributed by atoms with Crippen LogP contribution in [0.4, 0.5) is 20.7 Å². The van der Waals surface area contributed by atoms with Gasteiger partial charge in [0.05, 0.1) is 5.39 Å². The first-order chi connectivity index (χ1) is 16.5. The zero-order valence-corrected chi connectivity index (χ0v) is 19.0. The molecule has 2 amide bonds. The number of anilines is 2. The molecule has 0 spiro atoms. The van der Waals surface area contributed by atoms with Crippen molar-refractivity contribution >= 4 is 28.6 Å². The molecular formula is C25H25FN6O2. The number of fused-ring (bicyclic) bond motifs is 1. The van der Waals surface area contributed by atoms with Crippen LogP contribution in [-0.4, -0.2) is 51.6 Å². The molecule has 1 fully saturated rings. The largest absolute Gasteiger partial charge is 0.457 e. The predicted molar refractivity (Wildman–Crippen MR) is 129 cm³/mol. The zero-order chi connectivity index (χ0) is 23.7. The number of benzene rings is 2. The summed E-state index contributed by atoms with van der Waals surface area (Å²) in [7, 11) is 0. The van der Waals surface area contributed by atoms with Gasteiger partial charge in [-0.2, -0.15) is 0 Å². The highest BCUT2D eigenvalue weighted by Gasteiger charge is 2.29. The minimum absolute atomic E-state index is 0.0170. The van der Waals surface area contributed by atoms with Gasteiger partial charge in [-0.15, -0.1) is 0 Å². The Hall–Kier alpha value is -4.14. The first-order valence-electron chi connectivity index (χ1n) is 11.1. The van der Waals surface area contributed by atoms with Crippen LogP contribution >= 0.6 is 0 Å². The molecule has 174 valence electrons. The van der Waals surface area contributed by atoms with Crippen LogP contribution in [0.3, 0.4) is 0 Å². The molecule has 8 nitrogen and oxygen atoms in total. The maximum Gasteiger partial charge on any atom is 0.322 e. The second kappa shape index (κ2) is 9.01. The average molecular weight is 461 g/mol. The van der Waals surface area contributed by atoms with Gasteiger partial charge in [-0.25, -0.2) is 19.2 Å². The van der Waals surface area contributed by atoms with Crippen molar-refractivity contribution in [2.24, 2.45) is 0 Å². The van der Waals surface area contributed by atoms with Gasteiger partial charge in [-0.1, -0.05) is 6.07 Å². The van der Waals surface area contributed by atoms with Crippen molar-refractivity contribution in [1.29, 1.82) is 0 Å². The number of hydrogen-bond acceptors (Lipinski definition) is 5. The Morgan fingerprint density at radius 2 is 1.97 bits per heavy atom. The van der Waals surface area contributed by atoms with Gasteiger partial charge in [0, 0.05) is 43.6 Å². The molecule has 1 aliphatic rings. The number of aryl methyl sites for hydroxylation is 1. The van der Waals surface area contributed by atoms with Crippen LogP contribution < -0.4 is 15.0 Å². The Morgan fingerprint density at radius 3 is 2.76 bits per heavy atom. The van der Waals surface area contributed by atoms with Crippen LogP contribution in [-0.2, 0) is 0 Å². The van der Waals surface area contributed by atoms with Crippen molar-refractivity contribution in [2.75, 3.05) is 29.9 Å². The number of hydrogen-bond donors (Lipinski definition) is 2. The quantitative estimate of drug-likeness (QED) is 0.451. The normalized spacial score (nSPS) is 16.0. The number of nitrogens with one attached hydrogen (secondary N) is 2. The molecule has 34 heavy (non-hydrogen) atoms. The fourth-order valence-corrected chi connectivity index (χ4v) is 4.26. The Kier molecular flexibility index (Phi) is 5.75. The number of amides is 2. The number of nitrogens with zero attached hydrogens (tertiary/aromatic N) is 4. The molecule has 0 unspecified atom stereocenters. The van der Waals surface area contributed by atoms with E-state index in [4.69, 9.17) is 4.74 Å². The molecule has 5 rings (SSSR count). The average Bonchev–Trinajstić information content (AvgIpc) is 3.22. The fraction of sp³-hybridized carbons (Fsp3) is 0.240. The van der Waals surface area contributed by atoms with Gasteiger partial charge in [0.1, 0.15) is 35.1 Å². The van der Waals surface area contributed by atoms with E-state index >= 15 is 0 Å². The van der Waals surface area contributed by atoms with E-state index in [0.29, 0.717) is 36.8 Å². The number of carbonyl (C=O) groups excluding carboxylic acids is 1. The summed E-state index contributed by atoms with van der Waals surface area (Å²) in [5.74, 6) is 1.64. The number of carbonyl (C=O) groups is 1. The highest BCUT2D eigenvalue weighted by atomic mass is 19.1. The highest BCUT2D eigenvalue weighted by Crippen LogP contribution is 2.28. The van der Waals surface area contributed by atoms with Crippen LogP contribution in [0.5, 0.6) is 11.5 Å². The SMILES string of the molecule is Cc1c[nH]c2ncnc(N3CCN(C(=O)Nc4cccc(Oc5ccc(F)cc5)c4)[C@@H](C)C3)c12.